The summed E-state index contributed by atoms with van der Waals surface area (Å²) < 4.78 is 7.31. The van der Waals surface area contributed by atoms with Gasteiger partial charge in [0, 0.05) is 0 Å². The van der Waals surface area contributed by atoms with E-state index in [9.17, 15) is 0 Å². The van der Waals surface area contributed by atoms with E-state index in [2.05, 4.69) is 32.0 Å². The number of rotatable bonds is 3. The fourth-order valence-corrected chi connectivity index (χ4v) is 2.42. The minimum absolute atomic E-state index is 0.115. The average molecular weight is 275 g/mol. The van der Waals surface area contributed by atoms with E-state index in [-0.39, 0.29) is 18.1 Å². The molecule has 0 bridgehead atoms. The molecule has 0 aromatic carbocycles. The molecule has 1 saturated carbocycles. The van der Waals surface area contributed by atoms with Crippen molar-refractivity contribution in [2.75, 3.05) is 5.73 Å². The molecule has 2 unspecified atom stereocenters. The van der Waals surface area contributed by atoms with Gasteiger partial charge >= 0.3 is 6.01 Å². The van der Waals surface area contributed by atoms with Gasteiger partial charge in [-0.2, -0.15) is 24.7 Å². The maximum atomic E-state index is 5.88. The summed E-state index contributed by atoms with van der Waals surface area (Å²) in [5.74, 6) is 0.925. The molecular weight excluding hydrogens is 258 g/mol. The van der Waals surface area contributed by atoms with Crippen LogP contribution in [-0.2, 0) is 0 Å². The Kier molecular flexibility index (Phi) is 3.44. The van der Waals surface area contributed by atoms with E-state index in [4.69, 9.17) is 10.5 Å². The summed E-state index contributed by atoms with van der Waals surface area (Å²) in [6, 6.07) is 0.252. The van der Waals surface area contributed by atoms with Crippen LogP contribution in [0.2, 0.25) is 0 Å². The first kappa shape index (κ1) is 12.8. The van der Waals surface area contributed by atoms with E-state index in [1.165, 1.54) is 36.6 Å². The Labute approximate surface area is 116 Å². The Balaban J connectivity index is 1.82. The lowest BCUT2D eigenvalue weighted by molar-refractivity contribution is 0.0921. The van der Waals surface area contributed by atoms with Crippen LogP contribution >= 0.6 is 0 Å². The van der Waals surface area contributed by atoms with Gasteiger partial charge in [-0.05, 0) is 25.2 Å². The molecule has 0 saturated heterocycles. The van der Waals surface area contributed by atoms with Crippen molar-refractivity contribution >= 4 is 5.95 Å². The smallest absolute Gasteiger partial charge is 0.323 e. The molecule has 0 spiro atoms. The monoisotopic (exact) mass is 275 g/mol. The number of hydrogen-bond acceptors (Lipinski definition) is 7. The Morgan fingerprint density at radius 3 is 2.85 bits per heavy atom. The summed E-state index contributed by atoms with van der Waals surface area (Å²) in [7, 11) is 0. The molecule has 0 radical (unpaired) electrons. The van der Waals surface area contributed by atoms with Crippen molar-refractivity contribution in [3.63, 3.8) is 0 Å². The second-order valence-electron chi connectivity index (χ2n) is 5.03. The van der Waals surface area contributed by atoms with Gasteiger partial charge in [0.05, 0.1) is 0 Å². The normalized spacial score (nSPS) is 22.6. The third-order valence-electron chi connectivity index (χ3n) is 3.53. The van der Waals surface area contributed by atoms with Gasteiger partial charge in [0.15, 0.2) is 0 Å². The van der Waals surface area contributed by atoms with E-state index in [0.29, 0.717) is 11.9 Å². The molecule has 2 N–H and O–H groups in total. The average Bonchev–Trinajstić information content (AvgIpc) is 2.95. The number of ether oxygens (including phenoxy) is 1. The highest BCUT2D eigenvalue weighted by molar-refractivity contribution is 5.24. The summed E-state index contributed by atoms with van der Waals surface area (Å²) >= 11 is 0. The highest BCUT2D eigenvalue weighted by Crippen LogP contribution is 2.27. The SMILES string of the molecule is CC1CCCCC1Oc1nc(N)nc(-n2cncn2)n1. The van der Waals surface area contributed by atoms with Crippen LogP contribution in [0.3, 0.4) is 0 Å². The molecule has 20 heavy (non-hydrogen) atoms. The molecule has 0 amide bonds. The molecule has 1 aliphatic rings. The Morgan fingerprint density at radius 2 is 2.10 bits per heavy atom. The van der Waals surface area contributed by atoms with Crippen LogP contribution in [0.15, 0.2) is 12.7 Å². The quantitative estimate of drug-likeness (QED) is 0.890. The van der Waals surface area contributed by atoms with Crippen LogP contribution in [-0.4, -0.2) is 35.8 Å². The summed E-state index contributed by atoms with van der Waals surface area (Å²) in [4.78, 5) is 16.2. The molecule has 106 valence electrons. The van der Waals surface area contributed by atoms with Gasteiger partial charge in [-0.25, -0.2) is 4.98 Å². The van der Waals surface area contributed by atoms with Gasteiger partial charge in [0.25, 0.3) is 5.95 Å². The predicted octanol–water partition coefficient (Wildman–Crippen LogP) is 0.992. The first-order valence-corrected chi connectivity index (χ1v) is 6.75. The van der Waals surface area contributed by atoms with E-state index >= 15 is 0 Å². The fourth-order valence-electron chi connectivity index (χ4n) is 2.42. The molecular formula is C12H17N7O. The highest BCUT2D eigenvalue weighted by Gasteiger charge is 2.24. The van der Waals surface area contributed by atoms with E-state index in [1.54, 1.807) is 0 Å². The van der Waals surface area contributed by atoms with Gasteiger partial charge < -0.3 is 10.5 Å². The first-order valence-electron chi connectivity index (χ1n) is 6.75. The maximum absolute atomic E-state index is 5.88. The Bertz CT molecular complexity index is 571. The number of nitrogens with two attached hydrogens (primary N) is 1. The van der Waals surface area contributed by atoms with Crippen molar-refractivity contribution in [2.45, 2.75) is 38.7 Å². The van der Waals surface area contributed by atoms with E-state index in [0.717, 1.165) is 6.42 Å². The number of aromatic nitrogens is 6. The van der Waals surface area contributed by atoms with Crippen molar-refractivity contribution in [3.8, 4) is 12.0 Å². The van der Waals surface area contributed by atoms with Gasteiger partial charge in [-0.3, -0.25) is 0 Å². The molecule has 0 aliphatic heterocycles. The molecule has 1 aliphatic carbocycles. The van der Waals surface area contributed by atoms with Crippen LogP contribution in [0, 0.1) is 5.92 Å². The summed E-state index contributed by atoms with van der Waals surface area (Å²) in [5.41, 5.74) is 5.70. The lowest BCUT2D eigenvalue weighted by Gasteiger charge is -2.28. The van der Waals surface area contributed by atoms with Gasteiger partial charge in [0.1, 0.15) is 18.8 Å². The van der Waals surface area contributed by atoms with Crippen LogP contribution in [0.5, 0.6) is 6.01 Å². The number of nitrogens with zero attached hydrogens (tertiary/aromatic N) is 6. The first-order chi connectivity index (χ1) is 9.72. The largest absolute Gasteiger partial charge is 0.460 e. The van der Waals surface area contributed by atoms with Crippen LogP contribution in [0.4, 0.5) is 5.95 Å². The minimum atomic E-state index is 0.115. The van der Waals surface area contributed by atoms with Crippen molar-refractivity contribution in [2.24, 2.45) is 5.92 Å². The van der Waals surface area contributed by atoms with Gasteiger partial charge in [-0.1, -0.05) is 13.3 Å². The molecule has 3 rings (SSSR count). The lowest BCUT2D eigenvalue weighted by Crippen LogP contribution is -2.29. The summed E-state index contributed by atoms with van der Waals surface area (Å²) in [6.07, 6.45) is 7.66. The zero-order valence-corrected chi connectivity index (χ0v) is 11.3. The predicted molar refractivity (Wildman–Crippen MR) is 71.2 cm³/mol. The third kappa shape index (κ3) is 2.68. The number of nitrogen functional groups attached to an aromatic ring is 1. The van der Waals surface area contributed by atoms with Crippen molar-refractivity contribution in [1.82, 2.24) is 29.7 Å². The lowest BCUT2D eigenvalue weighted by atomic mass is 9.88. The van der Waals surface area contributed by atoms with E-state index in [1.807, 2.05) is 0 Å². The molecule has 1 fully saturated rings. The number of anilines is 1. The molecule has 8 nitrogen and oxygen atoms in total. The van der Waals surface area contributed by atoms with Crippen molar-refractivity contribution < 1.29 is 4.74 Å². The maximum Gasteiger partial charge on any atom is 0.323 e. The second kappa shape index (κ2) is 5.40. The standard InChI is InChI=1S/C12H17N7O/c1-8-4-2-3-5-9(8)20-12-17-10(13)16-11(18-12)19-7-14-6-15-19/h6-9H,2-5H2,1H3,(H2,13,16,17,18). The zero-order valence-electron chi connectivity index (χ0n) is 11.3. The summed E-state index contributed by atoms with van der Waals surface area (Å²) in [5, 5.41) is 3.97. The molecule has 2 aromatic rings. The fraction of sp³-hybridized carbons (Fsp3) is 0.583. The molecule has 2 heterocycles. The second-order valence-corrected chi connectivity index (χ2v) is 5.03. The summed E-state index contributed by atoms with van der Waals surface area (Å²) in [6.45, 7) is 2.19. The van der Waals surface area contributed by atoms with Crippen LogP contribution in [0.1, 0.15) is 32.6 Å². The molecule has 8 heteroatoms. The van der Waals surface area contributed by atoms with Crippen molar-refractivity contribution in [3.05, 3.63) is 12.7 Å². The van der Waals surface area contributed by atoms with Crippen LogP contribution in [0.25, 0.3) is 5.95 Å². The van der Waals surface area contributed by atoms with Gasteiger partial charge in [-0.15, -0.1) is 0 Å². The minimum Gasteiger partial charge on any atom is -0.460 e. The molecule has 2 aromatic heterocycles. The Hall–Kier alpha value is -2.25. The van der Waals surface area contributed by atoms with Gasteiger partial charge in [0.2, 0.25) is 5.95 Å². The van der Waals surface area contributed by atoms with Crippen LogP contribution < -0.4 is 10.5 Å². The van der Waals surface area contributed by atoms with Crippen molar-refractivity contribution in [1.29, 1.82) is 0 Å². The topological polar surface area (TPSA) is 105 Å². The Morgan fingerprint density at radius 1 is 1.25 bits per heavy atom. The highest BCUT2D eigenvalue weighted by atomic mass is 16.5. The zero-order chi connectivity index (χ0) is 13.9. The van der Waals surface area contributed by atoms with E-state index < -0.39 is 0 Å². The third-order valence-corrected chi connectivity index (χ3v) is 3.53. The number of hydrogen-bond donors (Lipinski definition) is 1. The molecule has 2 atom stereocenters.